The van der Waals surface area contributed by atoms with Crippen molar-refractivity contribution >= 4 is 11.8 Å². The number of nitrogens with zero attached hydrogens (tertiary/aromatic N) is 3. The quantitative estimate of drug-likeness (QED) is 0.380. The Labute approximate surface area is 242 Å². The predicted molar refractivity (Wildman–Crippen MR) is 153 cm³/mol. The second-order valence-electron chi connectivity index (χ2n) is 10.5. The lowest BCUT2D eigenvalue weighted by Gasteiger charge is -2.39. The van der Waals surface area contributed by atoms with Gasteiger partial charge in [-0.1, -0.05) is 18.2 Å². The van der Waals surface area contributed by atoms with Crippen LogP contribution in [0.1, 0.15) is 27.9 Å². The molecule has 2 N–H and O–H groups in total. The van der Waals surface area contributed by atoms with Crippen molar-refractivity contribution in [3.63, 3.8) is 0 Å². The van der Waals surface area contributed by atoms with Gasteiger partial charge in [-0.2, -0.15) is 0 Å². The highest BCUT2D eigenvalue weighted by molar-refractivity contribution is 5.95. The van der Waals surface area contributed by atoms with Gasteiger partial charge in [0.05, 0.1) is 11.6 Å². The van der Waals surface area contributed by atoms with Gasteiger partial charge in [0.1, 0.15) is 23.4 Å². The molecule has 2 aromatic heterocycles. The Morgan fingerprint density at radius 3 is 2.71 bits per heavy atom. The molecule has 0 spiro atoms. The van der Waals surface area contributed by atoms with Crippen molar-refractivity contribution in [3.8, 4) is 22.6 Å². The minimum atomic E-state index is -0.479. The van der Waals surface area contributed by atoms with Crippen LogP contribution in [-0.4, -0.2) is 58.5 Å². The van der Waals surface area contributed by atoms with Gasteiger partial charge in [-0.25, -0.2) is 4.39 Å². The smallest absolute Gasteiger partial charge is 0.258 e. The highest BCUT2D eigenvalue weighted by Gasteiger charge is 2.33. The van der Waals surface area contributed by atoms with Crippen LogP contribution in [0.5, 0.6) is 11.5 Å². The van der Waals surface area contributed by atoms with E-state index in [1.54, 1.807) is 36.7 Å². The van der Waals surface area contributed by atoms with Crippen LogP contribution in [0.15, 0.2) is 85.5 Å². The molecule has 2 aliphatic rings. The molecule has 1 saturated heterocycles. The average Bonchev–Trinajstić information content (AvgIpc) is 3.00. The number of rotatable bonds is 2. The molecule has 6 rings (SSSR count). The number of pyridine rings is 2. The van der Waals surface area contributed by atoms with Crippen molar-refractivity contribution in [2.75, 3.05) is 19.7 Å². The largest absolute Gasteiger partial charge is 0.488 e. The van der Waals surface area contributed by atoms with E-state index in [0.717, 1.165) is 23.2 Å². The summed E-state index contributed by atoms with van der Waals surface area (Å²) in [5.74, 6) is -0.280. The third-order valence-electron chi connectivity index (χ3n) is 7.32. The van der Waals surface area contributed by atoms with Crippen LogP contribution < -0.4 is 20.1 Å². The molecule has 2 amide bonds. The molecule has 2 aliphatic heterocycles. The summed E-state index contributed by atoms with van der Waals surface area (Å²) in [4.78, 5) is 36.8. The van der Waals surface area contributed by atoms with Crippen molar-refractivity contribution in [1.82, 2.24) is 25.5 Å². The number of carbonyl (C=O) groups is 2. The molecule has 6 bridgehead atoms. The maximum atomic E-state index is 14.6. The zero-order valence-electron chi connectivity index (χ0n) is 22.8. The number of piperidine rings is 1. The van der Waals surface area contributed by atoms with E-state index in [0.29, 0.717) is 42.1 Å². The number of hydrogen-bond donors (Lipinski definition) is 2. The summed E-state index contributed by atoms with van der Waals surface area (Å²) in [5.41, 5.74) is 3.54. The van der Waals surface area contributed by atoms with Crippen LogP contribution in [-0.2, 0) is 17.9 Å². The van der Waals surface area contributed by atoms with Gasteiger partial charge < -0.3 is 20.1 Å². The molecule has 1 fully saturated rings. The minimum absolute atomic E-state index is 0.109. The third kappa shape index (κ3) is 6.72. The van der Waals surface area contributed by atoms with Gasteiger partial charge in [0.2, 0.25) is 0 Å². The maximum Gasteiger partial charge on any atom is 0.258 e. The lowest BCUT2D eigenvalue weighted by molar-refractivity contribution is -0.123. The number of halogens is 1. The molecule has 10 heteroatoms. The third-order valence-corrected chi connectivity index (χ3v) is 7.32. The molecule has 4 aromatic rings. The lowest BCUT2D eigenvalue weighted by atomic mass is 10.00. The van der Waals surface area contributed by atoms with E-state index in [1.165, 1.54) is 18.3 Å². The Morgan fingerprint density at radius 1 is 0.929 bits per heavy atom. The average molecular weight is 568 g/mol. The summed E-state index contributed by atoms with van der Waals surface area (Å²) in [7, 11) is 0. The first-order valence-electron chi connectivity index (χ1n) is 13.8. The number of nitrogens with one attached hydrogen (secondary N) is 2. The molecular weight excluding hydrogens is 537 g/mol. The van der Waals surface area contributed by atoms with Crippen molar-refractivity contribution in [1.29, 1.82) is 0 Å². The summed E-state index contributed by atoms with van der Waals surface area (Å²) in [6.45, 7) is 1.82. The zero-order chi connectivity index (χ0) is 28.9. The molecule has 0 radical (unpaired) electrons. The number of likely N-dealkylation sites (tertiary alicyclic amines) is 1. The van der Waals surface area contributed by atoms with E-state index in [-0.39, 0.29) is 25.0 Å². The fraction of sp³-hybridized carbons (Fsp3) is 0.250. The lowest BCUT2D eigenvalue weighted by Crippen LogP contribution is -2.56. The second kappa shape index (κ2) is 12.4. The van der Waals surface area contributed by atoms with Crippen molar-refractivity contribution in [2.24, 2.45) is 0 Å². The van der Waals surface area contributed by atoms with Crippen molar-refractivity contribution in [2.45, 2.75) is 31.7 Å². The fourth-order valence-corrected chi connectivity index (χ4v) is 5.28. The number of fused-ring (bicyclic) bond motifs is 8. The standard InChI is InChI=1S/C32H30FN5O4/c33-26-9-22-10-28(13-26)42-30-6-8-38(18-21-3-2-7-34-14-21)19-29(30)37-32(40)25-11-24(16-35-17-25)23-4-1-5-27(12-23)41-20-31(39)36-15-22/h1-5,7,9-14,16-17,29-30H,6,8,15,18-20H2,(H,36,39)(H,37,40)/t29-,30+/m1/s1. The SMILES string of the molecule is O=C1COc2cccc(c2)-c2cncc(c2)C(=O)N[C@@H]2CN(Cc3cccnc3)CC[C@@H]2Oc2cc(F)cc(c2)CN1. The summed E-state index contributed by atoms with van der Waals surface area (Å²) in [5, 5.41) is 5.93. The Balaban J connectivity index is 1.32. The molecule has 2 aromatic carbocycles. The molecule has 214 valence electrons. The number of hydrogen-bond acceptors (Lipinski definition) is 7. The van der Waals surface area contributed by atoms with Crippen LogP contribution in [0.4, 0.5) is 4.39 Å². The monoisotopic (exact) mass is 567 g/mol. The van der Waals surface area contributed by atoms with E-state index in [4.69, 9.17) is 9.47 Å². The number of amides is 2. The van der Waals surface area contributed by atoms with Gasteiger partial charge >= 0.3 is 0 Å². The molecular formula is C32H30FN5O4. The topological polar surface area (TPSA) is 106 Å². The Kier molecular flexibility index (Phi) is 8.05. The Morgan fingerprint density at radius 2 is 1.83 bits per heavy atom. The van der Waals surface area contributed by atoms with Crippen molar-refractivity contribution < 1.29 is 23.5 Å². The first-order chi connectivity index (χ1) is 20.5. The van der Waals surface area contributed by atoms with Crippen LogP contribution in [0, 0.1) is 5.82 Å². The summed E-state index contributed by atoms with van der Waals surface area (Å²) < 4.78 is 26.6. The van der Waals surface area contributed by atoms with Gasteiger partial charge in [0.25, 0.3) is 11.8 Å². The van der Waals surface area contributed by atoms with Gasteiger partial charge in [-0.3, -0.25) is 24.5 Å². The molecule has 0 aliphatic carbocycles. The van der Waals surface area contributed by atoms with Crippen LogP contribution in [0.25, 0.3) is 11.1 Å². The van der Waals surface area contributed by atoms with E-state index in [1.807, 2.05) is 30.5 Å². The first kappa shape index (κ1) is 27.3. The molecule has 9 nitrogen and oxygen atoms in total. The van der Waals surface area contributed by atoms with E-state index in [9.17, 15) is 14.0 Å². The number of ether oxygens (including phenoxy) is 2. The van der Waals surface area contributed by atoms with Gasteiger partial charge in [0, 0.05) is 62.6 Å². The minimum Gasteiger partial charge on any atom is -0.488 e. The van der Waals surface area contributed by atoms with E-state index in [2.05, 4.69) is 25.5 Å². The fourth-order valence-electron chi connectivity index (χ4n) is 5.28. The zero-order valence-corrected chi connectivity index (χ0v) is 22.8. The normalized spacial score (nSPS) is 19.5. The number of carbonyl (C=O) groups excluding carboxylic acids is 2. The summed E-state index contributed by atoms with van der Waals surface area (Å²) in [6, 6.07) is 16.9. The predicted octanol–water partition coefficient (Wildman–Crippen LogP) is 3.74. The highest BCUT2D eigenvalue weighted by atomic mass is 19.1. The van der Waals surface area contributed by atoms with Gasteiger partial charge in [-0.15, -0.1) is 0 Å². The maximum absolute atomic E-state index is 14.6. The highest BCUT2D eigenvalue weighted by Crippen LogP contribution is 2.26. The Hall–Kier alpha value is -4.83. The molecule has 0 saturated carbocycles. The van der Waals surface area contributed by atoms with Crippen LogP contribution in [0.2, 0.25) is 0 Å². The van der Waals surface area contributed by atoms with Gasteiger partial charge in [-0.05, 0) is 59.5 Å². The van der Waals surface area contributed by atoms with Gasteiger partial charge in [0.15, 0.2) is 6.61 Å². The van der Waals surface area contributed by atoms with Crippen LogP contribution >= 0.6 is 0 Å². The van der Waals surface area contributed by atoms with Crippen LogP contribution in [0.3, 0.4) is 0 Å². The van der Waals surface area contributed by atoms with E-state index < -0.39 is 18.0 Å². The summed E-state index contributed by atoms with van der Waals surface area (Å²) >= 11 is 0. The van der Waals surface area contributed by atoms with Crippen molar-refractivity contribution in [3.05, 3.63) is 108 Å². The summed E-state index contributed by atoms with van der Waals surface area (Å²) in [6.07, 6.45) is 6.96. The number of benzene rings is 2. The molecule has 42 heavy (non-hydrogen) atoms. The molecule has 0 unspecified atom stereocenters. The number of aromatic nitrogens is 2. The second-order valence-corrected chi connectivity index (χ2v) is 10.5. The molecule has 2 atom stereocenters. The Bertz CT molecular complexity index is 1580. The first-order valence-corrected chi connectivity index (χ1v) is 13.8. The van der Waals surface area contributed by atoms with E-state index >= 15 is 0 Å². The molecule has 4 heterocycles.